The van der Waals surface area contributed by atoms with E-state index in [0.717, 1.165) is 65.2 Å². The van der Waals surface area contributed by atoms with Gasteiger partial charge in [0.2, 0.25) is 17.7 Å². The molecule has 67 heavy (non-hydrogen) atoms. The molecule has 2 atom stereocenters. The van der Waals surface area contributed by atoms with Gasteiger partial charge in [-0.1, -0.05) is 85.2 Å². The number of halogens is 1. The number of benzene rings is 4. The Balaban J connectivity index is 0.769. The van der Waals surface area contributed by atoms with E-state index in [1.54, 1.807) is 22.3 Å². The summed E-state index contributed by atoms with van der Waals surface area (Å²) in [5.74, 6) is 0.0857. The van der Waals surface area contributed by atoms with Crippen LogP contribution in [0.25, 0.3) is 32.6 Å². The first-order chi connectivity index (χ1) is 32.3. The third-order valence-corrected chi connectivity index (χ3v) is 13.3. The lowest BCUT2D eigenvalue weighted by Gasteiger charge is -2.35. The first-order valence-corrected chi connectivity index (χ1v) is 24.3. The molecule has 1 fully saturated rings. The molecule has 6 aromatic rings. The number of amides is 3. The summed E-state index contributed by atoms with van der Waals surface area (Å²) in [5, 5.41) is 17.1. The van der Waals surface area contributed by atoms with Gasteiger partial charge in [0.25, 0.3) is 0 Å². The lowest BCUT2D eigenvalue weighted by Crippen LogP contribution is -2.58. The van der Waals surface area contributed by atoms with Crippen molar-refractivity contribution in [3.05, 3.63) is 123 Å². The van der Waals surface area contributed by atoms with Crippen LogP contribution in [-0.2, 0) is 41.7 Å². The van der Waals surface area contributed by atoms with Gasteiger partial charge in [0.15, 0.2) is 0 Å². The third kappa shape index (κ3) is 12.9. The summed E-state index contributed by atoms with van der Waals surface area (Å²) in [6.45, 7) is 12.9. The highest BCUT2D eigenvalue weighted by Crippen LogP contribution is 2.36. The number of rotatable bonds is 21. The van der Waals surface area contributed by atoms with Gasteiger partial charge in [0, 0.05) is 35.0 Å². The van der Waals surface area contributed by atoms with E-state index in [4.69, 9.17) is 18.9 Å². The maximum Gasteiger partial charge on any atom is 0.246 e. The monoisotopic (exact) mass is 993 g/mol. The highest BCUT2D eigenvalue weighted by atomic mass is 79.9. The van der Waals surface area contributed by atoms with Crippen LogP contribution < -0.4 is 15.4 Å². The van der Waals surface area contributed by atoms with E-state index in [1.807, 2.05) is 93.9 Å². The lowest BCUT2D eigenvalue weighted by molar-refractivity contribution is -0.144. The molecule has 354 valence electrons. The zero-order chi connectivity index (χ0) is 47.5. The van der Waals surface area contributed by atoms with Crippen molar-refractivity contribution in [3.8, 4) is 33.2 Å². The molecule has 0 aliphatic carbocycles. The maximum atomic E-state index is 13.9. The van der Waals surface area contributed by atoms with Crippen molar-refractivity contribution >= 4 is 55.9 Å². The van der Waals surface area contributed by atoms with Gasteiger partial charge >= 0.3 is 0 Å². The number of phenols is 1. The van der Waals surface area contributed by atoms with Gasteiger partial charge < -0.3 is 44.2 Å². The summed E-state index contributed by atoms with van der Waals surface area (Å²) >= 11 is 5.14. The van der Waals surface area contributed by atoms with Gasteiger partial charge in [0.1, 0.15) is 36.8 Å². The van der Waals surface area contributed by atoms with Crippen LogP contribution in [0.4, 0.5) is 0 Å². The largest absolute Gasteiger partial charge is 0.508 e. The summed E-state index contributed by atoms with van der Waals surface area (Å²) in [6.07, 6.45) is 1.26. The summed E-state index contributed by atoms with van der Waals surface area (Å²) in [6, 6.07) is 28.4. The quantitative estimate of drug-likeness (QED) is 0.0601. The molecular formula is C52H60BrN5O8S. The van der Waals surface area contributed by atoms with Gasteiger partial charge in [-0.3, -0.25) is 14.4 Å². The molecule has 2 aromatic heterocycles. The summed E-state index contributed by atoms with van der Waals surface area (Å²) in [7, 11) is 0. The number of aryl methyl sites for hydroxylation is 2. The molecule has 13 nitrogen and oxygen atoms in total. The Hall–Kier alpha value is -5.58. The summed E-state index contributed by atoms with van der Waals surface area (Å²) in [4.78, 5) is 47.3. The summed E-state index contributed by atoms with van der Waals surface area (Å²) < 4.78 is 26.1. The predicted octanol–water partition coefficient (Wildman–Crippen LogP) is 8.83. The van der Waals surface area contributed by atoms with Crippen LogP contribution in [0, 0.1) is 19.3 Å². The fraction of sp³-hybridized carbons (Fsp3) is 0.385. The highest BCUT2D eigenvalue weighted by molar-refractivity contribution is 9.10. The van der Waals surface area contributed by atoms with Crippen LogP contribution in [0.15, 0.2) is 101 Å². The molecule has 0 radical (unpaired) electrons. The second-order valence-corrected chi connectivity index (χ2v) is 19.5. The number of carbonyl (C=O) groups is 3. The van der Waals surface area contributed by atoms with Crippen molar-refractivity contribution in [3.63, 3.8) is 0 Å². The fourth-order valence-corrected chi connectivity index (χ4v) is 9.41. The van der Waals surface area contributed by atoms with Gasteiger partial charge in [-0.05, 0) is 102 Å². The highest BCUT2D eigenvalue weighted by Gasteiger charge is 2.41. The van der Waals surface area contributed by atoms with Crippen molar-refractivity contribution in [2.75, 3.05) is 52.8 Å². The zero-order valence-electron chi connectivity index (χ0n) is 38.8. The Bertz CT molecular complexity index is 2610. The number of ether oxygens (including phenoxy) is 4. The van der Waals surface area contributed by atoms with Crippen LogP contribution in [-0.4, -0.2) is 102 Å². The van der Waals surface area contributed by atoms with Crippen molar-refractivity contribution in [1.82, 2.24) is 25.1 Å². The molecule has 0 spiro atoms. The number of thiazole rings is 1. The summed E-state index contributed by atoms with van der Waals surface area (Å²) in [5.41, 5.74) is 9.75. The van der Waals surface area contributed by atoms with Crippen molar-refractivity contribution in [1.29, 1.82) is 0 Å². The number of aromatic hydroxyl groups is 1. The number of phenolic OH excluding ortho intramolecular Hbond substituents is 1. The second-order valence-electron chi connectivity index (χ2n) is 17.8. The molecule has 15 heteroatoms. The number of likely N-dealkylation sites (tertiary alicyclic amines) is 1. The third-order valence-electron chi connectivity index (χ3n) is 11.8. The van der Waals surface area contributed by atoms with E-state index in [9.17, 15) is 19.5 Å². The van der Waals surface area contributed by atoms with E-state index in [-0.39, 0.29) is 37.4 Å². The number of hydrogen-bond acceptors (Lipinski definition) is 10. The van der Waals surface area contributed by atoms with E-state index in [1.165, 1.54) is 0 Å². The first-order valence-electron chi connectivity index (χ1n) is 22.7. The van der Waals surface area contributed by atoms with E-state index in [2.05, 4.69) is 67.3 Å². The maximum absolute atomic E-state index is 13.9. The Morgan fingerprint density at radius 2 is 1.51 bits per heavy atom. The fourth-order valence-electron chi connectivity index (χ4n) is 8.33. The molecule has 3 heterocycles. The van der Waals surface area contributed by atoms with Gasteiger partial charge in [-0.2, -0.15) is 0 Å². The average molecular weight is 995 g/mol. The topological polar surface area (TPSA) is 153 Å². The molecule has 3 amide bonds. The van der Waals surface area contributed by atoms with E-state index in [0.29, 0.717) is 58.9 Å². The number of carbonyl (C=O) groups excluding carboxylic acids is 3. The first kappa shape index (κ1) is 49.3. The molecule has 1 aliphatic rings. The van der Waals surface area contributed by atoms with Crippen LogP contribution in [0.1, 0.15) is 56.0 Å². The molecule has 4 aromatic carbocycles. The number of fused-ring (bicyclic) bond motifs is 1. The van der Waals surface area contributed by atoms with E-state index < -0.39 is 23.4 Å². The van der Waals surface area contributed by atoms with Crippen LogP contribution >= 0.6 is 27.3 Å². The lowest BCUT2D eigenvalue weighted by atomic mass is 9.85. The molecule has 2 unspecified atom stereocenters. The minimum atomic E-state index is -0.841. The van der Waals surface area contributed by atoms with Crippen LogP contribution in [0.3, 0.4) is 0 Å². The molecule has 1 aliphatic heterocycles. The Kier molecular flexibility index (Phi) is 16.9. The van der Waals surface area contributed by atoms with Crippen molar-refractivity contribution in [2.24, 2.45) is 5.41 Å². The molecule has 7 rings (SSSR count). The molecule has 0 bridgehead atoms. The minimum Gasteiger partial charge on any atom is -0.508 e. The number of aromatic nitrogens is 2. The average Bonchev–Trinajstić information content (AvgIpc) is 4.05. The standard InChI is InChI=1S/C52H60BrN5O8S/c1-34-43-29-41(59)18-21-44(43)58(47(34)38-14-16-40(53)17-15-38)31-37-10-19-42(20-11-37)66-28-27-64-24-23-63-25-26-65-32-46(60)56-49(52(3,4)5)51(62)57-22-6-7-45(57)50(61)54-30-36-8-12-39(13-9-36)48-35(2)55-33-67-48/h8-21,29,33,45,49,59H,6-7,22-28,30-32H2,1-5H3,(H,54,61)(H,56,60). The molecule has 1 saturated heterocycles. The number of nitrogens with zero attached hydrogens (tertiary/aromatic N) is 3. The predicted molar refractivity (Wildman–Crippen MR) is 265 cm³/mol. The van der Waals surface area contributed by atoms with Gasteiger partial charge in [-0.15, -0.1) is 11.3 Å². The second kappa shape index (κ2) is 22.9. The Morgan fingerprint density at radius 1 is 0.851 bits per heavy atom. The van der Waals surface area contributed by atoms with Gasteiger partial charge in [-0.25, -0.2) is 4.98 Å². The molecule has 0 saturated carbocycles. The molecule has 3 N–H and O–H groups in total. The van der Waals surface area contributed by atoms with E-state index >= 15 is 0 Å². The van der Waals surface area contributed by atoms with Crippen LogP contribution in [0.5, 0.6) is 11.5 Å². The number of nitrogens with one attached hydrogen (secondary N) is 2. The van der Waals surface area contributed by atoms with Crippen molar-refractivity contribution in [2.45, 2.75) is 72.6 Å². The normalized spacial score (nSPS) is 14.4. The Labute approximate surface area is 404 Å². The smallest absolute Gasteiger partial charge is 0.246 e. The number of hydrogen-bond donors (Lipinski definition) is 3. The zero-order valence-corrected chi connectivity index (χ0v) is 41.2. The van der Waals surface area contributed by atoms with Crippen molar-refractivity contribution < 1.29 is 38.4 Å². The minimum absolute atomic E-state index is 0.192. The SMILES string of the molecule is Cc1ncsc1-c1ccc(CNC(=O)C2CCCN2C(=O)C(NC(=O)COCCOCCOCCOc2ccc(Cn3c(-c4ccc(Br)cc4)c(C)c4cc(O)ccc43)cc2)C(C)(C)C)cc1. The van der Waals surface area contributed by atoms with Gasteiger partial charge in [0.05, 0.1) is 54.8 Å². The van der Waals surface area contributed by atoms with Crippen LogP contribution in [0.2, 0.25) is 0 Å². The Morgan fingerprint density at radius 3 is 2.18 bits per heavy atom. The molecular weight excluding hydrogens is 935 g/mol.